The molecule has 2 aromatic rings. The molecule has 0 aliphatic heterocycles. The number of anilines is 1. The lowest BCUT2D eigenvalue weighted by Gasteiger charge is -2.09. The Morgan fingerprint density at radius 3 is 2.30 bits per heavy atom. The Labute approximate surface area is 116 Å². The van der Waals surface area contributed by atoms with Crippen molar-refractivity contribution < 1.29 is 17.2 Å². The van der Waals surface area contributed by atoms with Crippen molar-refractivity contribution >= 4 is 15.5 Å². The minimum Gasteiger partial charge on any atom is -0.398 e. The van der Waals surface area contributed by atoms with Crippen molar-refractivity contribution in [3.05, 3.63) is 59.2 Å². The Kier molecular flexibility index (Phi) is 3.76. The van der Waals surface area contributed by atoms with Crippen LogP contribution in [0.15, 0.2) is 41.3 Å². The Hall–Kier alpha value is -1.95. The molecule has 0 radical (unpaired) electrons. The summed E-state index contributed by atoms with van der Waals surface area (Å²) in [5.41, 5.74) is 6.55. The summed E-state index contributed by atoms with van der Waals surface area (Å²) in [6.07, 6.45) is 0. The van der Waals surface area contributed by atoms with Crippen LogP contribution in [0.5, 0.6) is 0 Å². The van der Waals surface area contributed by atoms with Gasteiger partial charge in [-0.05, 0) is 48.4 Å². The Morgan fingerprint density at radius 2 is 1.65 bits per heavy atom. The predicted octanol–water partition coefficient (Wildman–Crippen LogP) is 2.83. The molecule has 106 valence electrons. The van der Waals surface area contributed by atoms with Gasteiger partial charge in [0.15, 0.2) is 9.84 Å². The van der Waals surface area contributed by atoms with E-state index in [1.807, 2.05) is 0 Å². The smallest absolute Gasteiger partial charge is 0.184 e. The number of nitrogen functional groups attached to an aromatic ring is 1. The molecule has 0 spiro atoms. The number of aryl methyl sites for hydroxylation is 1. The molecule has 2 rings (SSSR count). The van der Waals surface area contributed by atoms with Gasteiger partial charge in [0.2, 0.25) is 0 Å². The first-order chi connectivity index (χ1) is 9.29. The summed E-state index contributed by atoms with van der Waals surface area (Å²) in [7, 11) is -3.79. The highest BCUT2D eigenvalue weighted by Crippen LogP contribution is 2.24. The molecule has 0 heterocycles. The third-order valence-electron chi connectivity index (χ3n) is 2.96. The van der Waals surface area contributed by atoms with Gasteiger partial charge in [0.05, 0.1) is 16.3 Å². The van der Waals surface area contributed by atoms with Gasteiger partial charge < -0.3 is 5.73 Å². The van der Waals surface area contributed by atoms with Gasteiger partial charge in [0.25, 0.3) is 0 Å². The Bertz CT molecular complexity index is 758. The normalized spacial score (nSPS) is 11.6. The maximum Gasteiger partial charge on any atom is 0.184 e. The Morgan fingerprint density at radius 1 is 1.05 bits per heavy atom. The molecule has 0 saturated heterocycles. The summed E-state index contributed by atoms with van der Waals surface area (Å²) in [6, 6.07) is 7.03. The molecular weight excluding hydrogens is 284 g/mol. The number of hydrogen-bond acceptors (Lipinski definition) is 3. The van der Waals surface area contributed by atoms with Crippen molar-refractivity contribution in [2.45, 2.75) is 17.6 Å². The lowest BCUT2D eigenvalue weighted by Crippen LogP contribution is -2.09. The highest BCUT2D eigenvalue weighted by Gasteiger charge is 2.20. The molecular formula is C14H13F2NO2S. The summed E-state index contributed by atoms with van der Waals surface area (Å²) in [5, 5.41) is 0. The molecule has 0 saturated carbocycles. The van der Waals surface area contributed by atoms with Crippen molar-refractivity contribution in [3.8, 4) is 0 Å². The molecule has 0 amide bonds. The summed E-state index contributed by atoms with van der Waals surface area (Å²) in [6.45, 7) is 1.61. The van der Waals surface area contributed by atoms with Crippen LogP contribution < -0.4 is 5.73 Å². The molecule has 2 aromatic carbocycles. The molecule has 20 heavy (non-hydrogen) atoms. The molecule has 6 heteroatoms. The second-order valence-corrected chi connectivity index (χ2v) is 6.47. The van der Waals surface area contributed by atoms with Crippen LogP contribution in [-0.4, -0.2) is 8.42 Å². The molecule has 0 atom stereocenters. The third kappa shape index (κ3) is 2.96. The second kappa shape index (κ2) is 5.20. The van der Waals surface area contributed by atoms with Gasteiger partial charge in [-0.2, -0.15) is 0 Å². The minimum atomic E-state index is -3.79. The van der Waals surface area contributed by atoms with E-state index in [-0.39, 0.29) is 16.3 Å². The van der Waals surface area contributed by atoms with Gasteiger partial charge in [0, 0.05) is 0 Å². The van der Waals surface area contributed by atoms with E-state index < -0.39 is 21.5 Å². The molecule has 0 unspecified atom stereocenters. The van der Waals surface area contributed by atoms with E-state index in [1.165, 1.54) is 24.3 Å². The molecule has 2 N–H and O–H groups in total. The zero-order chi connectivity index (χ0) is 14.9. The van der Waals surface area contributed by atoms with Crippen molar-refractivity contribution in [2.75, 3.05) is 5.73 Å². The molecule has 0 aromatic heterocycles. The average molecular weight is 297 g/mol. The summed E-state index contributed by atoms with van der Waals surface area (Å²) < 4.78 is 50.7. The zero-order valence-electron chi connectivity index (χ0n) is 10.7. The van der Waals surface area contributed by atoms with Crippen LogP contribution in [0.4, 0.5) is 14.5 Å². The van der Waals surface area contributed by atoms with Crippen LogP contribution in [0.3, 0.4) is 0 Å². The fourth-order valence-electron chi connectivity index (χ4n) is 1.88. The van der Waals surface area contributed by atoms with Crippen molar-refractivity contribution in [3.63, 3.8) is 0 Å². The van der Waals surface area contributed by atoms with Crippen LogP contribution in [0, 0.1) is 18.6 Å². The van der Waals surface area contributed by atoms with E-state index in [2.05, 4.69) is 0 Å². The van der Waals surface area contributed by atoms with Crippen LogP contribution in [0.25, 0.3) is 0 Å². The first-order valence-electron chi connectivity index (χ1n) is 5.82. The van der Waals surface area contributed by atoms with Gasteiger partial charge in [-0.15, -0.1) is 0 Å². The third-order valence-corrected chi connectivity index (χ3v) is 4.68. The van der Waals surface area contributed by atoms with Gasteiger partial charge in [-0.25, -0.2) is 17.2 Å². The average Bonchev–Trinajstić information content (AvgIpc) is 2.35. The Balaban J connectivity index is 2.43. The SMILES string of the molecule is Cc1cc(F)ccc1CS(=O)(=O)c1cc(F)ccc1N. The van der Waals surface area contributed by atoms with Crippen LogP contribution in [0.1, 0.15) is 11.1 Å². The van der Waals surface area contributed by atoms with Crippen molar-refractivity contribution in [1.82, 2.24) is 0 Å². The first-order valence-corrected chi connectivity index (χ1v) is 7.47. The van der Waals surface area contributed by atoms with E-state index in [4.69, 9.17) is 5.73 Å². The number of benzene rings is 2. The van der Waals surface area contributed by atoms with Gasteiger partial charge in [0.1, 0.15) is 11.6 Å². The van der Waals surface area contributed by atoms with E-state index in [9.17, 15) is 17.2 Å². The number of halogens is 2. The maximum atomic E-state index is 13.2. The number of rotatable bonds is 3. The standard InChI is InChI=1S/C14H13F2NO2S/c1-9-6-11(15)3-2-10(9)8-20(18,19)14-7-12(16)4-5-13(14)17/h2-7H,8,17H2,1H3. The zero-order valence-corrected chi connectivity index (χ0v) is 11.5. The number of nitrogens with two attached hydrogens (primary N) is 1. The van der Waals surface area contributed by atoms with Gasteiger partial charge >= 0.3 is 0 Å². The molecule has 0 aliphatic rings. The predicted molar refractivity (Wildman–Crippen MR) is 72.8 cm³/mol. The van der Waals surface area contributed by atoms with Crippen LogP contribution >= 0.6 is 0 Å². The molecule has 0 bridgehead atoms. The van der Waals surface area contributed by atoms with Crippen molar-refractivity contribution in [2.24, 2.45) is 0 Å². The quantitative estimate of drug-likeness (QED) is 0.886. The highest BCUT2D eigenvalue weighted by atomic mass is 32.2. The lowest BCUT2D eigenvalue weighted by molar-refractivity contribution is 0.590. The summed E-state index contributed by atoms with van der Waals surface area (Å²) in [5.74, 6) is -1.46. The van der Waals surface area contributed by atoms with E-state index in [1.54, 1.807) is 6.92 Å². The number of hydrogen-bond donors (Lipinski definition) is 1. The second-order valence-electron chi connectivity index (χ2n) is 4.51. The van der Waals surface area contributed by atoms with E-state index in [0.29, 0.717) is 11.1 Å². The minimum absolute atomic E-state index is 0.00818. The molecule has 3 nitrogen and oxygen atoms in total. The molecule has 0 aliphatic carbocycles. The van der Waals surface area contributed by atoms with E-state index in [0.717, 1.165) is 12.1 Å². The summed E-state index contributed by atoms with van der Waals surface area (Å²) >= 11 is 0. The van der Waals surface area contributed by atoms with Crippen LogP contribution in [0.2, 0.25) is 0 Å². The fraction of sp³-hybridized carbons (Fsp3) is 0.143. The van der Waals surface area contributed by atoms with Gasteiger partial charge in [-0.1, -0.05) is 6.07 Å². The van der Waals surface area contributed by atoms with Gasteiger partial charge in [-0.3, -0.25) is 0 Å². The number of sulfone groups is 1. The largest absolute Gasteiger partial charge is 0.398 e. The monoisotopic (exact) mass is 297 g/mol. The van der Waals surface area contributed by atoms with Crippen molar-refractivity contribution in [1.29, 1.82) is 0 Å². The molecule has 0 fully saturated rings. The first kappa shape index (κ1) is 14.5. The van der Waals surface area contributed by atoms with E-state index >= 15 is 0 Å². The maximum absolute atomic E-state index is 13.2. The topological polar surface area (TPSA) is 60.2 Å². The lowest BCUT2D eigenvalue weighted by atomic mass is 10.1. The fourth-order valence-corrected chi connectivity index (χ4v) is 3.49. The highest BCUT2D eigenvalue weighted by molar-refractivity contribution is 7.90. The summed E-state index contributed by atoms with van der Waals surface area (Å²) in [4.78, 5) is -0.249. The van der Waals surface area contributed by atoms with Crippen LogP contribution in [-0.2, 0) is 15.6 Å².